The number of carbonyl (C=O) groups is 1. The van der Waals surface area contributed by atoms with Crippen molar-refractivity contribution in [3.05, 3.63) is 60.2 Å². The topological polar surface area (TPSA) is 61.8 Å². The Labute approximate surface area is 195 Å². The van der Waals surface area contributed by atoms with Crippen LogP contribution < -0.4 is 5.32 Å². The highest BCUT2D eigenvalue weighted by Gasteiger charge is 2.36. The van der Waals surface area contributed by atoms with Crippen molar-refractivity contribution in [2.45, 2.75) is 58.2 Å². The van der Waals surface area contributed by atoms with Crippen LogP contribution in [-0.2, 0) is 22.3 Å². The fraction of sp³-hybridized carbons (Fsp3) is 0.500. The molecule has 0 bridgehead atoms. The summed E-state index contributed by atoms with van der Waals surface area (Å²) in [5.74, 6) is 0.811. The number of carbonyl (C=O) groups excluding carboxylic acids is 1. The van der Waals surface area contributed by atoms with Crippen molar-refractivity contribution in [1.82, 2.24) is 10.2 Å². The van der Waals surface area contributed by atoms with Gasteiger partial charge in [-0.05, 0) is 48.8 Å². The molecule has 2 N–H and O–H groups in total. The molecule has 0 saturated carbocycles. The maximum atomic E-state index is 13.1. The zero-order chi connectivity index (χ0) is 23.1. The lowest BCUT2D eigenvalue weighted by Gasteiger charge is -2.41. The van der Waals surface area contributed by atoms with Crippen LogP contribution in [0.4, 0.5) is 4.79 Å². The molecule has 1 aliphatic heterocycles. The third-order valence-corrected chi connectivity index (χ3v) is 6.86. The van der Waals surface area contributed by atoms with Crippen LogP contribution in [0.25, 0.3) is 11.1 Å². The molecule has 1 heterocycles. The summed E-state index contributed by atoms with van der Waals surface area (Å²) in [5.41, 5.74) is 3.56. The molecule has 1 saturated heterocycles. The Kier molecular flexibility index (Phi) is 9.02. The van der Waals surface area contributed by atoms with E-state index in [-0.39, 0.29) is 30.2 Å². The number of rotatable bonds is 8. The molecule has 32 heavy (non-hydrogen) atoms. The Balaban J connectivity index is 1.83. The minimum Gasteiger partial charge on any atom is -0.446 e. The van der Waals surface area contributed by atoms with Crippen LogP contribution in [0.3, 0.4) is 0 Å². The second-order valence-corrected chi connectivity index (χ2v) is 10.6. The van der Waals surface area contributed by atoms with Gasteiger partial charge in [0.05, 0.1) is 6.04 Å². The van der Waals surface area contributed by atoms with Crippen molar-refractivity contribution >= 4 is 17.3 Å². The summed E-state index contributed by atoms with van der Waals surface area (Å²) < 4.78 is 15.6. The van der Waals surface area contributed by atoms with Gasteiger partial charge in [-0.3, -0.25) is 5.32 Å². The van der Waals surface area contributed by atoms with Gasteiger partial charge in [0.1, 0.15) is 12.4 Å². The maximum Gasteiger partial charge on any atom is 0.410 e. The minimum absolute atomic E-state index is 0.0230. The van der Waals surface area contributed by atoms with Gasteiger partial charge in [-0.25, -0.2) is 4.79 Å². The molecule has 0 spiro atoms. The Hall–Kier alpha value is -2.02. The van der Waals surface area contributed by atoms with Crippen molar-refractivity contribution in [2.75, 3.05) is 18.7 Å². The SMILES string of the molecule is CC(C)C(C)OC(=O)N1CCCC(NC[S+](C)O)C1Cc1cccc(-c2ccccc2)c1. The highest BCUT2D eigenvalue weighted by molar-refractivity contribution is 7.90. The molecule has 5 nitrogen and oxygen atoms in total. The van der Waals surface area contributed by atoms with E-state index in [1.165, 1.54) is 16.7 Å². The van der Waals surface area contributed by atoms with Gasteiger partial charge in [-0.15, -0.1) is 0 Å². The number of hydrogen-bond donors (Lipinski definition) is 2. The second-order valence-electron chi connectivity index (χ2n) is 9.06. The van der Waals surface area contributed by atoms with Gasteiger partial charge in [0, 0.05) is 12.6 Å². The third kappa shape index (κ3) is 6.74. The first-order valence-corrected chi connectivity index (χ1v) is 13.3. The Bertz CT molecular complexity index is 859. The Morgan fingerprint density at radius 1 is 1.16 bits per heavy atom. The number of nitrogens with one attached hydrogen (secondary N) is 1. The molecule has 0 radical (unpaired) electrons. The molecule has 174 valence electrons. The van der Waals surface area contributed by atoms with Crippen LogP contribution in [-0.4, -0.2) is 52.4 Å². The number of benzene rings is 2. The van der Waals surface area contributed by atoms with Crippen molar-refractivity contribution in [1.29, 1.82) is 0 Å². The standard InChI is InChI=1S/C26H37N2O3S/c1-19(2)20(3)31-26(29)28-15-9-14-24(27-18-32(4)30)25(28)17-21-10-8-13-23(16-21)22-11-6-5-7-12-22/h5-8,10-13,16,19-20,24-25,27,30H,9,14-15,17-18H2,1-4H3/q+1. The van der Waals surface area contributed by atoms with Crippen molar-refractivity contribution in [2.24, 2.45) is 5.92 Å². The summed E-state index contributed by atoms with van der Waals surface area (Å²) in [6.07, 6.45) is 4.09. The van der Waals surface area contributed by atoms with E-state index in [1.807, 2.05) is 36.3 Å². The largest absolute Gasteiger partial charge is 0.446 e. The van der Waals surface area contributed by atoms with E-state index in [9.17, 15) is 9.35 Å². The summed E-state index contributed by atoms with van der Waals surface area (Å²) in [6.45, 7) is 6.78. The molecule has 6 heteroatoms. The van der Waals surface area contributed by atoms with E-state index in [0.717, 1.165) is 19.3 Å². The van der Waals surface area contributed by atoms with Crippen molar-refractivity contribution in [3.8, 4) is 11.1 Å². The van der Waals surface area contributed by atoms with Crippen LogP contribution in [0.15, 0.2) is 54.6 Å². The van der Waals surface area contributed by atoms with Gasteiger partial charge in [0.25, 0.3) is 0 Å². The van der Waals surface area contributed by atoms with E-state index in [2.05, 4.69) is 55.6 Å². The normalized spacial score (nSPS) is 20.8. The van der Waals surface area contributed by atoms with Crippen LogP contribution in [0.5, 0.6) is 0 Å². The van der Waals surface area contributed by atoms with Gasteiger partial charge in [-0.1, -0.05) is 68.4 Å². The summed E-state index contributed by atoms with van der Waals surface area (Å²) in [6, 6.07) is 19.0. The monoisotopic (exact) mass is 457 g/mol. The minimum atomic E-state index is -0.690. The second kappa shape index (κ2) is 11.7. The number of piperidine rings is 1. The molecule has 1 amide bonds. The Morgan fingerprint density at radius 2 is 1.88 bits per heavy atom. The highest BCUT2D eigenvalue weighted by Crippen LogP contribution is 2.26. The molecule has 2 aromatic rings. The number of hydrogen-bond acceptors (Lipinski definition) is 4. The van der Waals surface area contributed by atoms with Crippen LogP contribution in [0.2, 0.25) is 0 Å². The Morgan fingerprint density at radius 3 is 2.56 bits per heavy atom. The first-order valence-electron chi connectivity index (χ1n) is 11.5. The van der Waals surface area contributed by atoms with Crippen LogP contribution >= 0.6 is 0 Å². The zero-order valence-electron chi connectivity index (χ0n) is 19.7. The van der Waals surface area contributed by atoms with Gasteiger partial charge in [0.2, 0.25) is 0 Å². The average molecular weight is 458 g/mol. The summed E-state index contributed by atoms with van der Waals surface area (Å²) in [5, 5.41) is 3.51. The molecule has 3 rings (SSSR count). The zero-order valence-corrected chi connectivity index (χ0v) is 20.5. The fourth-order valence-corrected chi connectivity index (χ4v) is 4.57. The van der Waals surface area contributed by atoms with E-state index in [4.69, 9.17) is 4.74 Å². The molecule has 4 atom stereocenters. The van der Waals surface area contributed by atoms with Gasteiger partial charge in [0.15, 0.2) is 17.1 Å². The molecule has 2 aromatic carbocycles. The smallest absolute Gasteiger partial charge is 0.410 e. The lowest BCUT2D eigenvalue weighted by atomic mass is 9.90. The van der Waals surface area contributed by atoms with Gasteiger partial charge in [-0.2, -0.15) is 4.55 Å². The predicted octanol–water partition coefficient (Wildman–Crippen LogP) is 5.18. The first kappa shape index (κ1) is 24.6. The highest BCUT2D eigenvalue weighted by atomic mass is 32.2. The third-order valence-electron chi connectivity index (χ3n) is 6.27. The van der Waals surface area contributed by atoms with Crippen molar-refractivity contribution in [3.63, 3.8) is 0 Å². The lowest BCUT2D eigenvalue weighted by Crippen LogP contribution is -2.57. The number of amides is 1. The molecular weight excluding hydrogens is 420 g/mol. The van der Waals surface area contributed by atoms with Crippen molar-refractivity contribution < 1.29 is 14.1 Å². The number of nitrogens with zero attached hydrogens (tertiary/aromatic N) is 1. The average Bonchev–Trinajstić information content (AvgIpc) is 2.78. The van der Waals surface area contributed by atoms with E-state index < -0.39 is 11.2 Å². The lowest BCUT2D eigenvalue weighted by molar-refractivity contribution is 0.0257. The molecule has 1 aliphatic rings. The van der Waals surface area contributed by atoms with E-state index in [1.54, 1.807) is 0 Å². The quantitative estimate of drug-likeness (QED) is 0.536. The number of ether oxygens (including phenoxy) is 1. The summed E-state index contributed by atoms with van der Waals surface area (Å²) >= 11 is -0.690. The van der Waals surface area contributed by atoms with E-state index >= 15 is 0 Å². The molecular formula is C26H37N2O3S+. The fourth-order valence-electron chi connectivity index (χ4n) is 4.11. The van der Waals surface area contributed by atoms with Crippen LogP contribution in [0, 0.1) is 5.92 Å². The van der Waals surface area contributed by atoms with Gasteiger partial charge < -0.3 is 9.64 Å². The van der Waals surface area contributed by atoms with Crippen LogP contribution in [0.1, 0.15) is 39.2 Å². The molecule has 4 unspecified atom stereocenters. The first-order chi connectivity index (χ1) is 15.3. The van der Waals surface area contributed by atoms with Gasteiger partial charge >= 0.3 is 6.09 Å². The van der Waals surface area contributed by atoms with E-state index in [0.29, 0.717) is 12.4 Å². The predicted molar refractivity (Wildman–Crippen MR) is 134 cm³/mol. The molecule has 0 aromatic heterocycles. The maximum absolute atomic E-state index is 13.1. The summed E-state index contributed by atoms with van der Waals surface area (Å²) in [7, 11) is 0. The molecule has 0 aliphatic carbocycles. The molecule has 1 fully saturated rings. The summed E-state index contributed by atoms with van der Waals surface area (Å²) in [4.78, 5) is 15.0. The number of likely N-dealkylation sites (tertiary alicyclic amines) is 1.